The van der Waals surface area contributed by atoms with Gasteiger partial charge in [0.2, 0.25) is 5.88 Å². The van der Waals surface area contributed by atoms with Crippen molar-refractivity contribution in [1.29, 1.82) is 0 Å². The highest BCUT2D eigenvalue weighted by molar-refractivity contribution is 5.20. The van der Waals surface area contributed by atoms with E-state index >= 15 is 0 Å². The Bertz CT molecular complexity index is 308. The van der Waals surface area contributed by atoms with Gasteiger partial charge in [0.1, 0.15) is 6.61 Å². The Balaban J connectivity index is 2.65. The van der Waals surface area contributed by atoms with Crippen molar-refractivity contribution in [1.82, 2.24) is 4.98 Å². The van der Waals surface area contributed by atoms with E-state index in [1.807, 2.05) is 0 Å². The van der Waals surface area contributed by atoms with Crippen LogP contribution in [0.4, 0.5) is 13.2 Å². The van der Waals surface area contributed by atoms with E-state index in [-0.39, 0.29) is 18.5 Å². The summed E-state index contributed by atoms with van der Waals surface area (Å²) in [7, 11) is 0. The molecule has 3 nitrogen and oxygen atoms in total. The van der Waals surface area contributed by atoms with Crippen molar-refractivity contribution < 1.29 is 17.9 Å². The molecule has 1 rings (SSSR count). The molecule has 1 unspecified atom stereocenters. The van der Waals surface area contributed by atoms with Crippen molar-refractivity contribution in [2.75, 3.05) is 6.61 Å². The van der Waals surface area contributed by atoms with E-state index in [2.05, 4.69) is 4.98 Å². The van der Waals surface area contributed by atoms with E-state index < -0.39 is 11.7 Å². The minimum Gasteiger partial charge on any atom is -0.476 e. The maximum absolute atomic E-state index is 12.1. The Labute approximate surface area is 85.1 Å². The van der Waals surface area contributed by atoms with Gasteiger partial charge in [-0.3, -0.25) is 0 Å². The number of pyridine rings is 1. The fraction of sp³-hybridized carbons (Fsp3) is 0.444. The third kappa shape index (κ3) is 3.75. The van der Waals surface area contributed by atoms with Crippen LogP contribution >= 0.6 is 0 Å². The van der Waals surface area contributed by atoms with Crippen molar-refractivity contribution in [3.63, 3.8) is 0 Å². The van der Waals surface area contributed by atoms with Crippen LogP contribution in [-0.4, -0.2) is 17.6 Å². The second kappa shape index (κ2) is 4.48. The largest absolute Gasteiger partial charge is 0.476 e. The minimum absolute atomic E-state index is 0.139. The number of alkyl halides is 3. The van der Waals surface area contributed by atoms with Gasteiger partial charge in [-0.25, -0.2) is 4.98 Å². The van der Waals surface area contributed by atoms with E-state index in [1.54, 1.807) is 6.92 Å². The van der Waals surface area contributed by atoms with E-state index in [4.69, 9.17) is 10.5 Å². The maximum Gasteiger partial charge on any atom is 0.417 e. The third-order valence-corrected chi connectivity index (χ3v) is 1.56. The molecule has 0 aliphatic carbocycles. The number of hydrogen-bond donors (Lipinski definition) is 1. The van der Waals surface area contributed by atoms with E-state index in [0.717, 1.165) is 12.3 Å². The number of nitrogens with two attached hydrogens (primary N) is 1. The lowest BCUT2D eigenvalue weighted by molar-refractivity contribution is -0.137. The van der Waals surface area contributed by atoms with Gasteiger partial charge in [0.15, 0.2) is 0 Å². The molecule has 0 bridgehead atoms. The van der Waals surface area contributed by atoms with E-state index in [0.29, 0.717) is 0 Å². The molecule has 0 spiro atoms. The standard InChI is InChI=1S/C9H11F3N2O/c1-6(13)5-15-8-3-2-7(4-14-8)9(10,11)12/h2-4,6H,5,13H2,1H3. The lowest BCUT2D eigenvalue weighted by Crippen LogP contribution is -2.23. The molecule has 0 aliphatic heterocycles. The summed E-state index contributed by atoms with van der Waals surface area (Å²) in [6.45, 7) is 1.95. The molecule has 15 heavy (non-hydrogen) atoms. The molecule has 0 aromatic carbocycles. The number of aromatic nitrogens is 1. The number of halogens is 3. The second-order valence-corrected chi connectivity index (χ2v) is 3.17. The van der Waals surface area contributed by atoms with Crippen LogP contribution in [-0.2, 0) is 6.18 Å². The highest BCUT2D eigenvalue weighted by Crippen LogP contribution is 2.29. The predicted molar refractivity (Wildman–Crippen MR) is 48.4 cm³/mol. The highest BCUT2D eigenvalue weighted by Gasteiger charge is 2.30. The molecule has 84 valence electrons. The summed E-state index contributed by atoms with van der Waals surface area (Å²) in [5.41, 5.74) is 4.61. The van der Waals surface area contributed by atoms with Gasteiger partial charge in [-0.15, -0.1) is 0 Å². The van der Waals surface area contributed by atoms with Crippen molar-refractivity contribution >= 4 is 0 Å². The van der Waals surface area contributed by atoms with Crippen LogP contribution < -0.4 is 10.5 Å². The Hall–Kier alpha value is -1.30. The molecule has 1 atom stereocenters. The number of hydrogen-bond acceptors (Lipinski definition) is 3. The monoisotopic (exact) mass is 220 g/mol. The summed E-state index contributed by atoms with van der Waals surface area (Å²) in [5.74, 6) is 0.139. The van der Waals surface area contributed by atoms with Crippen molar-refractivity contribution in [3.05, 3.63) is 23.9 Å². The van der Waals surface area contributed by atoms with E-state index in [1.165, 1.54) is 6.07 Å². The van der Waals surface area contributed by atoms with Crippen LogP contribution in [0, 0.1) is 0 Å². The molecule has 1 heterocycles. The molecule has 0 aliphatic rings. The number of ether oxygens (including phenoxy) is 1. The molecule has 6 heteroatoms. The molecular weight excluding hydrogens is 209 g/mol. The van der Waals surface area contributed by atoms with Crippen LogP contribution in [0.3, 0.4) is 0 Å². The second-order valence-electron chi connectivity index (χ2n) is 3.17. The molecule has 1 aromatic heterocycles. The fourth-order valence-corrected chi connectivity index (χ4v) is 0.850. The normalized spacial score (nSPS) is 13.7. The first-order valence-corrected chi connectivity index (χ1v) is 4.31. The summed E-state index contributed by atoms with van der Waals surface area (Å²) < 4.78 is 41.4. The first-order valence-electron chi connectivity index (χ1n) is 4.31. The smallest absolute Gasteiger partial charge is 0.417 e. The van der Waals surface area contributed by atoms with Crippen LogP contribution in [0.5, 0.6) is 5.88 Å². The average molecular weight is 220 g/mol. The first kappa shape index (κ1) is 11.8. The Morgan fingerprint density at radius 1 is 1.47 bits per heavy atom. The van der Waals surface area contributed by atoms with Crippen LogP contribution in [0.2, 0.25) is 0 Å². The van der Waals surface area contributed by atoms with Gasteiger partial charge in [0.05, 0.1) is 5.56 Å². The summed E-state index contributed by atoms with van der Waals surface area (Å²) in [5, 5.41) is 0. The van der Waals surface area contributed by atoms with Gasteiger partial charge in [0.25, 0.3) is 0 Å². The van der Waals surface area contributed by atoms with Crippen LogP contribution in [0.1, 0.15) is 12.5 Å². The molecule has 0 fully saturated rings. The zero-order valence-electron chi connectivity index (χ0n) is 8.08. The predicted octanol–water partition coefficient (Wildman–Crippen LogP) is 1.83. The fourth-order valence-electron chi connectivity index (χ4n) is 0.850. The van der Waals surface area contributed by atoms with Gasteiger partial charge >= 0.3 is 6.18 Å². The van der Waals surface area contributed by atoms with Crippen molar-refractivity contribution in [2.24, 2.45) is 5.73 Å². The van der Waals surface area contributed by atoms with Gasteiger partial charge in [-0.05, 0) is 13.0 Å². The molecule has 0 saturated heterocycles. The lowest BCUT2D eigenvalue weighted by atomic mass is 10.3. The van der Waals surface area contributed by atoms with Gasteiger partial charge < -0.3 is 10.5 Å². The Morgan fingerprint density at radius 2 is 2.13 bits per heavy atom. The summed E-state index contributed by atoms with van der Waals surface area (Å²) in [4.78, 5) is 3.52. The highest BCUT2D eigenvalue weighted by atomic mass is 19.4. The third-order valence-electron chi connectivity index (χ3n) is 1.56. The molecule has 1 aromatic rings. The maximum atomic E-state index is 12.1. The SMILES string of the molecule is CC(N)COc1ccc(C(F)(F)F)cn1. The van der Waals surface area contributed by atoms with Crippen LogP contribution in [0.15, 0.2) is 18.3 Å². The van der Waals surface area contributed by atoms with Crippen LogP contribution in [0.25, 0.3) is 0 Å². The molecule has 0 saturated carbocycles. The topological polar surface area (TPSA) is 48.1 Å². The average Bonchev–Trinajstić information content (AvgIpc) is 2.14. The zero-order chi connectivity index (χ0) is 11.5. The van der Waals surface area contributed by atoms with Gasteiger partial charge in [-0.1, -0.05) is 0 Å². The molecule has 0 amide bonds. The quantitative estimate of drug-likeness (QED) is 0.845. The molecule has 2 N–H and O–H groups in total. The first-order chi connectivity index (χ1) is 6.89. The molecule has 0 radical (unpaired) electrons. The Kier molecular flexibility index (Phi) is 3.52. The number of nitrogens with zero attached hydrogens (tertiary/aromatic N) is 1. The summed E-state index contributed by atoms with van der Waals surface area (Å²) >= 11 is 0. The minimum atomic E-state index is -4.37. The summed E-state index contributed by atoms with van der Waals surface area (Å²) in [6, 6.07) is 1.91. The van der Waals surface area contributed by atoms with Gasteiger partial charge in [0, 0.05) is 18.3 Å². The summed E-state index contributed by atoms with van der Waals surface area (Å²) in [6.07, 6.45) is -3.64. The Morgan fingerprint density at radius 3 is 2.53 bits per heavy atom. The zero-order valence-corrected chi connectivity index (χ0v) is 8.08. The van der Waals surface area contributed by atoms with E-state index in [9.17, 15) is 13.2 Å². The van der Waals surface area contributed by atoms with Crippen molar-refractivity contribution in [3.8, 4) is 5.88 Å². The lowest BCUT2D eigenvalue weighted by Gasteiger charge is -2.09. The molecular formula is C9H11F3N2O. The van der Waals surface area contributed by atoms with Crippen molar-refractivity contribution in [2.45, 2.75) is 19.1 Å². The van der Waals surface area contributed by atoms with Gasteiger partial charge in [-0.2, -0.15) is 13.2 Å². The number of rotatable bonds is 3.